The minimum absolute atomic E-state index is 0.0547. The molecule has 2 aromatic rings. The van der Waals surface area contributed by atoms with E-state index in [0.717, 1.165) is 12.1 Å². The van der Waals surface area contributed by atoms with Gasteiger partial charge < -0.3 is 10.4 Å². The quantitative estimate of drug-likeness (QED) is 0.893. The van der Waals surface area contributed by atoms with E-state index in [4.69, 9.17) is 11.6 Å². The van der Waals surface area contributed by atoms with Crippen molar-refractivity contribution < 1.29 is 23.1 Å². The van der Waals surface area contributed by atoms with Gasteiger partial charge in [0.2, 0.25) is 0 Å². The van der Waals surface area contributed by atoms with Crippen LogP contribution >= 0.6 is 11.6 Å². The molecule has 0 heterocycles. The predicted octanol–water partition coefficient (Wildman–Crippen LogP) is 4.03. The molecule has 0 aliphatic carbocycles. The van der Waals surface area contributed by atoms with Gasteiger partial charge in [0, 0.05) is 10.7 Å². The van der Waals surface area contributed by atoms with Crippen LogP contribution in [0.15, 0.2) is 48.5 Å². The van der Waals surface area contributed by atoms with Crippen LogP contribution in [0.4, 0.5) is 18.9 Å². The van der Waals surface area contributed by atoms with Crippen LogP contribution in [-0.2, 0) is 11.0 Å². The van der Waals surface area contributed by atoms with Crippen molar-refractivity contribution in [3.05, 3.63) is 64.7 Å². The molecule has 0 bridgehead atoms. The third-order valence-corrected chi connectivity index (χ3v) is 3.11. The summed E-state index contributed by atoms with van der Waals surface area (Å²) in [5, 5.41) is 12.5. The van der Waals surface area contributed by atoms with E-state index in [-0.39, 0.29) is 11.3 Å². The number of alkyl halides is 3. The Bertz CT molecular complexity index is 688. The fourth-order valence-corrected chi connectivity index (χ4v) is 2.01. The van der Waals surface area contributed by atoms with E-state index < -0.39 is 23.8 Å². The molecular formula is C15H11ClF3NO2. The Balaban J connectivity index is 2.15. The molecule has 0 aliphatic rings. The summed E-state index contributed by atoms with van der Waals surface area (Å²) >= 11 is 5.76. The van der Waals surface area contributed by atoms with Crippen LogP contribution in [0.25, 0.3) is 0 Å². The molecule has 0 radical (unpaired) electrons. The van der Waals surface area contributed by atoms with Crippen molar-refractivity contribution in [2.75, 3.05) is 5.32 Å². The Morgan fingerprint density at radius 3 is 2.45 bits per heavy atom. The van der Waals surface area contributed by atoms with Crippen LogP contribution in [0.2, 0.25) is 5.02 Å². The number of carbonyl (C=O) groups is 1. The van der Waals surface area contributed by atoms with Crippen molar-refractivity contribution in [3.63, 3.8) is 0 Å². The molecule has 7 heteroatoms. The summed E-state index contributed by atoms with van der Waals surface area (Å²) in [6.45, 7) is 0. The highest BCUT2D eigenvalue weighted by molar-refractivity contribution is 6.30. The second-order valence-electron chi connectivity index (χ2n) is 4.53. The summed E-state index contributed by atoms with van der Waals surface area (Å²) < 4.78 is 37.8. The first kappa shape index (κ1) is 16.3. The largest absolute Gasteiger partial charge is 0.416 e. The molecule has 1 amide bonds. The number of amides is 1. The molecule has 0 saturated heterocycles. The lowest BCUT2D eigenvalue weighted by atomic mass is 10.1. The summed E-state index contributed by atoms with van der Waals surface area (Å²) in [5.41, 5.74) is -0.694. The van der Waals surface area contributed by atoms with Crippen molar-refractivity contribution >= 4 is 23.2 Å². The van der Waals surface area contributed by atoms with E-state index in [2.05, 4.69) is 5.32 Å². The number of anilines is 1. The molecule has 2 rings (SSSR count). The van der Waals surface area contributed by atoms with Gasteiger partial charge >= 0.3 is 6.18 Å². The molecular weight excluding hydrogens is 319 g/mol. The number of hydrogen-bond acceptors (Lipinski definition) is 2. The van der Waals surface area contributed by atoms with Gasteiger partial charge in [-0.3, -0.25) is 4.79 Å². The van der Waals surface area contributed by atoms with Gasteiger partial charge in [0.1, 0.15) is 0 Å². The van der Waals surface area contributed by atoms with E-state index in [9.17, 15) is 23.1 Å². The number of hydrogen-bond donors (Lipinski definition) is 2. The van der Waals surface area contributed by atoms with Gasteiger partial charge in [0.05, 0.1) is 5.56 Å². The van der Waals surface area contributed by atoms with Gasteiger partial charge in [-0.2, -0.15) is 13.2 Å². The normalized spacial score (nSPS) is 12.8. The Labute approximate surface area is 129 Å². The molecule has 22 heavy (non-hydrogen) atoms. The molecule has 0 aliphatic heterocycles. The molecule has 0 saturated carbocycles. The summed E-state index contributed by atoms with van der Waals surface area (Å²) in [4.78, 5) is 11.9. The van der Waals surface area contributed by atoms with Crippen molar-refractivity contribution in [1.29, 1.82) is 0 Å². The standard InChI is InChI=1S/C15H11ClF3NO2/c16-11-5-1-3-9(7-11)13(21)14(22)20-12-6-2-4-10(8-12)15(17,18)19/h1-8,13,21H,(H,20,22). The van der Waals surface area contributed by atoms with Gasteiger partial charge in [-0.05, 0) is 35.9 Å². The summed E-state index contributed by atoms with van der Waals surface area (Å²) in [6.07, 6.45) is -6.04. The zero-order valence-corrected chi connectivity index (χ0v) is 11.8. The third kappa shape index (κ3) is 3.99. The van der Waals surface area contributed by atoms with Crippen molar-refractivity contribution in [2.24, 2.45) is 0 Å². The lowest BCUT2D eigenvalue weighted by molar-refractivity contribution is -0.137. The van der Waals surface area contributed by atoms with E-state index >= 15 is 0 Å². The Morgan fingerprint density at radius 1 is 1.14 bits per heavy atom. The fraction of sp³-hybridized carbons (Fsp3) is 0.133. The second kappa shape index (κ2) is 6.37. The van der Waals surface area contributed by atoms with E-state index in [1.807, 2.05) is 0 Å². The highest BCUT2D eigenvalue weighted by atomic mass is 35.5. The Morgan fingerprint density at radius 2 is 1.82 bits per heavy atom. The van der Waals surface area contributed by atoms with Gasteiger partial charge in [-0.25, -0.2) is 0 Å². The number of rotatable bonds is 3. The predicted molar refractivity (Wildman–Crippen MR) is 76.5 cm³/mol. The first-order valence-corrected chi connectivity index (χ1v) is 6.57. The van der Waals surface area contributed by atoms with Gasteiger partial charge in [0.25, 0.3) is 5.91 Å². The first-order valence-electron chi connectivity index (χ1n) is 6.19. The van der Waals surface area contributed by atoms with E-state index in [0.29, 0.717) is 5.02 Å². The highest BCUT2D eigenvalue weighted by Gasteiger charge is 2.30. The maximum absolute atomic E-state index is 12.6. The average molecular weight is 330 g/mol. The van der Waals surface area contributed by atoms with Crippen molar-refractivity contribution in [1.82, 2.24) is 0 Å². The summed E-state index contributed by atoms with van der Waals surface area (Å²) in [5.74, 6) is -0.846. The maximum Gasteiger partial charge on any atom is 0.416 e. The van der Waals surface area contributed by atoms with Crippen molar-refractivity contribution in [3.8, 4) is 0 Å². The second-order valence-corrected chi connectivity index (χ2v) is 4.96. The molecule has 116 valence electrons. The number of carbonyl (C=O) groups excluding carboxylic acids is 1. The molecule has 0 aromatic heterocycles. The Hall–Kier alpha value is -2.05. The zero-order valence-electron chi connectivity index (χ0n) is 11.1. The van der Waals surface area contributed by atoms with E-state index in [1.54, 1.807) is 12.1 Å². The molecule has 2 N–H and O–H groups in total. The highest BCUT2D eigenvalue weighted by Crippen LogP contribution is 2.31. The number of halogens is 4. The third-order valence-electron chi connectivity index (χ3n) is 2.87. The molecule has 0 spiro atoms. The molecule has 3 nitrogen and oxygen atoms in total. The van der Waals surface area contributed by atoms with Crippen LogP contribution in [0.3, 0.4) is 0 Å². The first-order chi connectivity index (χ1) is 10.3. The van der Waals surface area contributed by atoms with Crippen LogP contribution < -0.4 is 5.32 Å². The minimum atomic E-state index is -4.51. The minimum Gasteiger partial charge on any atom is -0.378 e. The smallest absolute Gasteiger partial charge is 0.378 e. The summed E-state index contributed by atoms with van der Waals surface area (Å²) in [6, 6.07) is 10.2. The zero-order chi connectivity index (χ0) is 16.3. The van der Waals surface area contributed by atoms with Crippen LogP contribution in [-0.4, -0.2) is 11.0 Å². The fourth-order valence-electron chi connectivity index (χ4n) is 1.81. The van der Waals surface area contributed by atoms with Crippen LogP contribution in [0.5, 0.6) is 0 Å². The lowest BCUT2D eigenvalue weighted by Crippen LogP contribution is -2.21. The number of nitrogens with one attached hydrogen (secondary N) is 1. The van der Waals surface area contributed by atoms with Gasteiger partial charge in [-0.1, -0.05) is 29.8 Å². The monoisotopic (exact) mass is 329 g/mol. The lowest BCUT2D eigenvalue weighted by Gasteiger charge is -2.13. The average Bonchev–Trinajstić information content (AvgIpc) is 2.46. The molecule has 1 atom stereocenters. The number of aliphatic hydroxyl groups excluding tert-OH is 1. The SMILES string of the molecule is O=C(Nc1cccc(C(F)(F)F)c1)C(O)c1cccc(Cl)c1. The number of benzene rings is 2. The van der Waals surface area contributed by atoms with Crippen LogP contribution in [0, 0.1) is 0 Å². The van der Waals surface area contributed by atoms with Gasteiger partial charge in [0.15, 0.2) is 6.10 Å². The van der Waals surface area contributed by atoms with E-state index in [1.165, 1.54) is 24.3 Å². The molecule has 2 aromatic carbocycles. The summed E-state index contributed by atoms with van der Waals surface area (Å²) in [7, 11) is 0. The number of aliphatic hydroxyl groups is 1. The molecule has 0 fully saturated rings. The van der Waals surface area contributed by atoms with Gasteiger partial charge in [-0.15, -0.1) is 0 Å². The van der Waals surface area contributed by atoms with Crippen LogP contribution in [0.1, 0.15) is 17.2 Å². The maximum atomic E-state index is 12.6. The van der Waals surface area contributed by atoms with Crippen molar-refractivity contribution in [2.45, 2.75) is 12.3 Å². The topological polar surface area (TPSA) is 49.3 Å². The Kier molecular flexibility index (Phi) is 4.73. The molecule has 1 unspecified atom stereocenters.